The smallest absolute Gasteiger partial charge is 0.0547 e. The van der Waals surface area contributed by atoms with Gasteiger partial charge in [0.05, 0.1) is 8.07 Å². The van der Waals surface area contributed by atoms with E-state index in [0.29, 0.717) is 0 Å². The van der Waals surface area contributed by atoms with Gasteiger partial charge in [-0.3, -0.25) is 0 Å². The van der Waals surface area contributed by atoms with Crippen LogP contribution >= 0.6 is 0 Å². The fourth-order valence-electron chi connectivity index (χ4n) is 2.57. The maximum Gasteiger partial charge on any atom is 0.0547 e. The third-order valence-electron chi connectivity index (χ3n) is 2.44. The minimum atomic E-state index is -0.994. The van der Waals surface area contributed by atoms with E-state index in [2.05, 4.69) is 46.9 Å². The lowest BCUT2D eigenvalue weighted by atomic mass is 10.3. The van der Waals surface area contributed by atoms with Gasteiger partial charge in [-0.25, -0.2) is 0 Å². The van der Waals surface area contributed by atoms with E-state index < -0.39 is 8.07 Å². The average Bonchev–Trinajstić information content (AvgIpc) is 1.81. The summed E-state index contributed by atoms with van der Waals surface area (Å²) in [5.41, 5.74) is 0. The van der Waals surface area contributed by atoms with Crippen LogP contribution in [0.4, 0.5) is 0 Å². The van der Waals surface area contributed by atoms with Gasteiger partial charge in [-0.05, 0) is 17.9 Å². The molecule has 0 amide bonds. The van der Waals surface area contributed by atoms with Crippen LogP contribution in [0.15, 0.2) is 12.7 Å². The van der Waals surface area contributed by atoms with Crippen molar-refractivity contribution < 1.29 is 0 Å². The second-order valence-corrected chi connectivity index (χ2v) is 10.3. The van der Waals surface area contributed by atoms with Gasteiger partial charge in [0.15, 0.2) is 0 Å². The van der Waals surface area contributed by atoms with Gasteiger partial charge in [0.1, 0.15) is 0 Å². The zero-order valence-electron chi connectivity index (χ0n) is 10.1. The molecule has 0 aromatic heterocycles. The predicted octanol–water partition coefficient (Wildman–Crippen LogP) is 4.56. The lowest BCUT2D eigenvalue weighted by Gasteiger charge is -2.30. The van der Waals surface area contributed by atoms with Gasteiger partial charge in [0.2, 0.25) is 0 Å². The molecular weight excluding hydrogens is 172 g/mol. The number of rotatable bonds is 6. The second kappa shape index (κ2) is 5.64. The molecule has 0 aliphatic heterocycles. The number of hydrogen-bond donors (Lipinski definition) is 0. The Labute approximate surface area is 85.4 Å². The molecule has 0 heterocycles. The van der Waals surface area contributed by atoms with E-state index in [0.717, 1.165) is 11.8 Å². The third-order valence-corrected chi connectivity index (χ3v) is 7.32. The van der Waals surface area contributed by atoms with Crippen LogP contribution in [0.3, 0.4) is 0 Å². The van der Waals surface area contributed by atoms with Crippen molar-refractivity contribution in [2.24, 2.45) is 11.8 Å². The maximum atomic E-state index is 3.89. The molecule has 0 unspecified atom stereocenters. The normalized spacial score (nSPS) is 12.5. The lowest BCUT2D eigenvalue weighted by Crippen LogP contribution is -2.32. The monoisotopic (exact) mass is 198 g/mol. The first kappa shape index (κ1) is 13.0. The highest BCUT2D eigenvalue weighted by Crippen LogP contribution is 2.28. The maximum absolute atomic E-state index is 3.89. The Bertz CT molecular complexity index is 137. The summed E-state index contributed by atoms with van der Waals surface area (Å²) in [5.74, 6) is 1.71. The molecule has 0 saturated heterocycles. The molecule has 0 fully saturated rings. The van der Waals surface area contributed by atoms with Crippen LogP contribution in [0.1, 0.15) is 27.7 Å². The second-order valence-electron chi connectivity index (χ2n) is 5.50. The summed E-state index contributed by atoms with van der Waals surface area (Å²) in [6, 6.07) is 4.21. The molecule has 0 spiro atoms. The van der Waals surface area contributed by atoms with Crippen LogP contribution in [-0.4, -0.2) is 8.07 Å². The van der Waals surface area contributed by atoms with Crippen molar-refractivity contribution in [1.82, 2.24) is 0 Å². The molecule has 0 aromatic carbocycles. The summed E-state index contributed by atoms with van der Waals surface area (Å²) in [7, 11) is -0.994. The predicted molar refractivity (Wildman–Crippen MR) is 65.9 cm³/mol. The molecule has 0 atom stereocenters. The van der Waals surface area contributed by atoms with Crippen molar-refractivity contribution >= 4 is 8.07 Å². The molecule has 0 nitrogen and oxygen atoms in total. The zero-order valence-corrected chi connectivity index (χ0v) is 11.1. The molecule has 0 aliphatic carbocycles. The molecule has 0 rings (SSSR count). The molecule has 1 heteroatoms. The SMILES string of the molecule is C=CC[Si](C)(CC(C)C)CC(C)C. The first-order valence-corrected chi connectivity index (χ1v) is 8.62. The Hall–Kier alpha value is -0.0431. The molecule has 0 saturated carbocycles. The van der Waals surface area contributed by atoms with Crippen LogP contribution in [0, 0.1) is 11.8 Å². The van der Waals surface area contributed by atoms with Crippen LogP contribution in [-0.2, 0) is 0 Å². The van der Waals surface area contributed by atoms with Crippen molar-refractivity contribution in [2.45, 2.75) is 52.4 Å². The first-order valence-electron chi connectivity index (χ1n) is 5.50. The largest absolute Gasteiger partial charge is 0.103 e. The third kappa shape index (κ3) is 6.09. The Balaban J connectivity index is 4.23. The van der Waals surface area contributed by atoms with E-state index in [1.165, 1.54) is 18.1 Å². The van der Waals surface area contributed by atoms with Gasteiger partial charge in [-0.2, -0.15) is 0 Å². The quantitative estimate of drug-likeness (QED) is 0.433. The van der Waals surface area contributed by atoms with E-state index >= 15 is 0 Å². The first-order chi connectivity index (χ1) is 5.89. The topological polar surface area (TPSA) is 0 Å². The molecule has 0 bridgehead atoms. The van der Waals surface area contributed by atoms with E-state index in [1.54, 1.807) is 0 Å². The van der Waals surface area contributed by atoms with Crippen LogP contribution in [0.2, 0.25) is 24.7 Å². The van der Waals surface area contributed by atoms with Crippen LogP contribution < -0.4 is 0 Å². The Kier molecular flexibility index (Phi) is 5.62. The fourth-order valence-corrected chi connectivity index (χ4v) is 7.71. The average molecular weight is 198 g/mol. The van der Waals surface area contributed by atoms with Crippen molar-refractivity contribution in [3.8, 4) is 0 Å². The van der Waals surface area contributed by atoms with Gasteiger partial charge >= 0.3 is 0 Å². The molecule has 13 heavy (non-hydrogen) atoms. The van der Waals surface area contributed by atoms with Crippen LogP contribution in [0.25, 0.3) is 0 Å². The molecular formula is C12H26Si. The fraction of sp³-hybridized carbons (Fsp3) is 0.833. The summed E-state index contributed by atoms with van der Waals surface area (Å²) in [6.07, 6.45) is 2.14. The number of allylic oxidation sites excluding steroid dienone is 1. The van der Waals surface area contributed by atoms with Crippen molar-refractivity contribution in [1.29, 1.82) is 0 Å². The molecule has 0 aromatic rings. The lowest BCUT2D eigenvalue weighted by molar-refractivity contribution is 0.678. The highest BCUT2D eigenvalue weighted by Gasteiger charge is 2.27. The minimum Gasteiger partial charge on any atom is -0.103 e. The van der Waals surface area contributed by atoms with Crippen molar-refractivity contribution in [3.05, 3.63) is 12.7 Å². The molecule has 0 aliphatic rings. The van der Waals surface area contributed by atoms with E-state index in [1.807, 2.05) is 0 Å². The van der Waals surface area contributed by atoms with Gasteiger partial charge in [-0.1, -0.05) is 52.4 Å². The highest BCUT2D eigenvalue weighted by atomic mass is 28.3. The molecule has 78 valence electrons. The summed E-state index contributed by atoms with van der Waals surface area (Å²) < 4.78 is 0. The van der Waals surface area contributed by atoms with Crippen molar-refractivity contribution in [3.63, 3.8) is 0 Å². The van der Waals surface area contributed by atoms with Gasteiger partial charge < -0.3 is 0 Å². The van der Waals surface area contributed by atoms with Gasteiger partial charge in [0.25, 0.3) is 0 Å². The molecule has 0 radical (unpaired) electrons. The van der Waals surface area contributed by atoms with Gasteiger partial charge in [-0.15, -0.1) is 6.58 Å². The highest BCUT2D eigenvalue weighted by molar-refractivity contribution is 6.79. The number of hydrogen-bond acceptors (Lipinski definition) is 0. The van der Waals surface area contributed by atoms with E-state index in [4.69, 9.17) is 0 Å². The van der Waals surface area contributed by atoms with Gasteiger partial charge in [0, 0.05) is 0 Å². The van der Waals surface area contributed by atoms with E-state index in [-0.39, 0.29) is 0 Å². The summed E-state index contributed by atoms with van der Waals surface area (Å²) >= 11 is 0. The Morgan fingerprint density at radius 2 is 1.46 bits per heavy atom. The summed E-state index contributed by atoms with van der Waals surface area (Å²) in [4.78, 5) is 0. The van der Waals surface area contributed by atoms with E-state index in [9.17, 15) is 0 Å². The van der Waals surface area contributed by atoms with Crippen molar-refractivity contribution in [2.75, 3.05) is 0 Å². The summed E-state index contributed by atoms with van der Waals surface area (Å²) in [6.45, 7) is 15.8. The Morgan fingerprint density at radius 3 is 1.69 bits per heavy atom. The zero-order chi connectivity index (χ0) is 10.5. The Morgan fingerprint density at radius 1 is 1.08 bits per heavy atom. The summed E-state index contributed by atoms with van der Waals surface area (Å²) in [5, 5.41) is 0. The standard InChI is InChI=1S/C12H26Si/c1-7-8-13(6,9-11(2)3)10-12(4)5/h7,11-12H,1,8-10H2,2-6H3. The molecule has 0 N–H and O–H groups in total. The minimum absolute atomic E-state index is 0.857. The van der Waals surface area contributed by atoms with Crippen LogP contribution in [0.5, 0.6) is 0 Å².